The van der Waals surface area contributed by atoms with Crippen molar-refractivity contribution in [1.29, 1.82) is 0 Å². The summed E-state index contributed by atoms with van der Waals surface area (Å²) in [6.07, 6.45) is 1.76. The first-order valence-electron chi connectivity index (χ1n) is 5.11. The Morgan fingerprint density at radius 1 is 1.06 bits per heavy atom. The first-order chi connectivity index (χ1) is 7.58. The number of nitrogens with two attached hydrogens (primary N) is 1. The second kappa shape index (κ2) is 3.89. The van der Waals surface area contributed by atoms with Crippen molar-refractivity contribution in [2.75, 3.05) is 5.73 Å². The number of aryl methyl sites for hydroxylation is 2. The number of hydrogen-bond donors (Lipinski definition) is 1. The summed E-state index contributed by atoms with van der Waals surface area (Å²) in [6, 6.07) is 3.88. The summed E-state index contributed by atoms with van der Waals surface area (Å²) in [6.45, 7) is 5.79. The molecule has 0 spiro atoms. The quantitative estimate of drug-likeness (QED) is 0.789. The standard InChI is InChI=1S/C12H14N4/c1-7-4-5-10(6-14-7)12-15-9(3)8(2)11(13)16-12/h4-6H,1-3H3,(H2,13,15,16). The van der Waals surface area contributed by atoms with Crippen molar-refractivity contribution in [2.24, 2.45) is 0 Å². The number of nitrogen functional groups attached to an aromatic ring is 1. The molecule has 2 rings (SSSR count). The number of hydrogen-bond acceptors (Lipinski definition) is 4. The molecule has 0 bridgehead atoms. The van der Waals surface area contributed by atoms with Gasteiger partial charge in [-0.25, -0.2) is 9.97 Å². The third-order valence-corrected chi connectivity index (χ3v) is 2.60. The Kier molecular flexibility index (Phi) is 2.56. The van der Waals surface area contributed by atoms with Gasteiger partial charge in [0.05, 0.1) is 0 Å². The van der Waals surface area contributed by atoms with Crippen molar-refractivity contribution in [2.45, 2.75) is 20.8 Å². The van der Waals surface area contributed by atoms with Gasteiger partial charge >= 0.3 is 0 Å². The van der Waals surface area contributed by atoms with E-state index in [0.717, 1.165) is 22.5 Å². The maximum absolute atomic E-state index is 5.82. The van der Waals surface area contributed by atoms with Crippen LogP contribution in [0.25, 0.3) is 11.4 Å². The first kappa shape index (κ1) is 10.5. The van der Waals surface area contributed by atoms with Gasteiger partial charge in [-0.15, -0.1) is 0 Å². The molecule has 0 fully saturated rings. The smallest absolute Gasteiger partial charge is 0.163 e. The van der Waals surface area contributed by atoms with E-state index in [-0.39, 0.29) is 0 Å². The highest BCUT2D eigenvalue weighted by molar-refractivity contribution is 5.57. The zero-order valence-electron chi connectivity index (χ0n) is 9.65. The highest BCUT2D eigenvalue weighted by atomic mass is 15.0. The third-order valence-electron chi connectivity index (χ3n) is 2.60. The van der Waals surface area contributed by atoms with Crippen LogP contribution in [-0.2, 0) is 0 Å². The van der Waals surface area contributed by atoms with E-state index in [1.54, 1.807) is 6.20 Å². The predicted molar refractivity (Wildman–Crippen MR) is 63.9 cm³/mol. The second-order valence-electron chi connectivity index (χ2n) is 3.83. The molecule has 2 aromatic heterocycles. The van der Waals surface area contributed by atoms with E-state index < -0.39 is 0 Å². The van der Waals surface area contributed by atoms with E-state index in [1.807, 2.05) is 32.9 Å². The van der Waals surface area contributed by atoms with Crippen molar-refractivity contribution in [3.63, 3.8) is 0 Å². The van der Waals surface area contributed by atoms with Crippen LogP contribution in [0.3, 0.4) is 0 Å². The number of anilines is 1. The van der Waals surface area contributed by atoms with E-state index in [9.17, 15) is 0 Å². The average Bonchev–Trinajstić information content (AvgIpc) is 2.26. The minimum Gasteiger partial charge on any atom is -0.383 e. The Balaban J connectivity index is 2.52. The highest BCUT2D eigenvalue weighted by Crippen LogP contribution is 2.18. The molecule has 16 heavy (non-hydrogen) atoms. The largest absolute Gasteiger partial charge is 0.383 e. The SMILES string of the molecule is Cc1ccc(-c2nc(C)c(C)c(N)n2)cn1. The van der Waals surface area contributed by atoms with Crippen molar-refractivity contribution >= 4 is 5.82 Å². The Morgan fingerprint density at radius 3 is 2.38 bits per heavy atom. The molecule has 2 heterocycles. The highest BCUT2D eigenvalue weighted by Gasteiger charge is 2.07. The molecular formula is C12H14N4. The van der Waals surface area contributed by atoms with Gasteiger partial charge in [-0.1, -0.05) is 0 Å². The van der Waals surface area contributed by atoms with Crippen LogP contribution in [0.1, 0.15) is 17.0 Å². The predicted octanol–water partition coefficient (Wildman–Crippen LogP) is 2.05. The fourth-order valence-corrected chi connectivity index (χ4v) is 1.38. The molecule has 0 aromatic carbocycles. The molecular weight excluding hydrogens is 200 g/mol. The minimum atomic E-state index is 0.531. The Labute approximate surface area is 94.6 Å². The lowest BCUT2D eigenvalue weighted by molar-refractivity contribution is 1.07. The summed E-state index contributed by atoms with van der Waals surface area (Å²) in [7, 11) is 0. The molecule has 0 amide bonds. The molecule has 0 atom stereocenters. The Bertz CT molecular complexity index is 494. The van der Waals surface area contributed by atoms with Crippen molar-refractivity contribution in [3.05, 3.63) is 35.3 Å². The average molecular weight is 214 g/mol. The molecule has 0 aliphatic heterocycles. The van der Waals surface area contributed by atoms with Gasteiger partial charge in [-0.05, 0) is 32.9 Å². The molecule has 82 valence electrons. The van der Waals surface area contributed by atoms with Gasteiger partial charge in [0, 0.05) is 28.7 Å². The van der Waals surface area contributed by atoms with Gasteiger partial charge < -0.3 is 5.73 Å². The van der Waals surface area contributed by atoms with Gasteiger partial charge in [0.1, 0.15) is 5.82 Å². The fourth-order valence-electron chi connectivity index (χ4n) is 1.38. The monoisotopic (exact) mass is 214 g/mol. The zero-order chi connectivity index (χ0) is 11.7. The number of aromatic nitrogens is 3. The van der Waals surface area contributed by atoms with Crippen LogP contribution in [0.2, 0.25) is 0 Å². The Hall–Kier alpha value is -1.97. The number of rotatable bonds is 1. The molecule has 2 aromatic rings. The first-order valence-corrected chi connectivity index (χ1v) is 5.11. The van der Waals surface area contributed by atoms with Crippen LogP contribution in [0.15, 0.2) is 18.3 Å². The summed E-state index contributed by atoms with van der Waals surface area (Å²) >= 11 is 0. The minimum absolute atomic E-state index is 0.531. The van der Waals surface area contributed by atoms with Gasteiger partial charge in [0.15, 0.2) is 5.82 Å². The lowest BCUT2D eigenvalue weighted by atomic mass is 10.2. The van der Waals surface area contributed by atoms with Crippen LogP contribution >= 0.6 is 0 Å². The summed E-state index contributed by atoms with van der Waals surface area (Å²) in [5, 5.41) is 0. The topological polar surface area (TPSA) is 64.7 Å². The van der Waals surface area contributed by atoms with Crippen molar-refractivity contribution in [1.82, 2.24) is 15.0 Å². The maximum Gasteiger partial charge on any atom is 0.163 e. The number of nitrogens with zero attached hydrogens (tertiary/aromatic N) is 3. The van der Waals surface area contributed by atoms with Crippen LogP contribution in [0, 0.1) is 20.8 Å². The molecule has 4 nitrogen and oxygen atoms in total. The summed E-state index contributed by atoms with van der Waals surface area (Å²) in [5.41, 5.74) is 9.52. The van der Waals surface area contributed by atoms with E-state index in [4.69, 9.17) is 5.73 Å². The lowest BCUT2D eigenvalue weighted by Gasteiger charge is -2.06. The van der Waals surface area contributed by atoms with Crippen molar-refractivity contribution < 1.29 is 0 Å². The van der Waals surface area contributed by atoms with Gasteiger partial charge in [0.2, 0.25) is 0 Å². The molecule has 0 radical (unpaired) electrons. The zero-order valence-corrected chi connectivity index (χ0v) is 9.65. The molecule has 0 saturated heterocycles. The normalized spacial score (nSPS) is 10.4. The van der Waals surface area contributed by atoms with Crippen LogP contribution in [0.5, 0.6) is 0 Å². The van der Waals surface area contributed by atoms with E-state index in [1.165, 1.54) is 0 Å². The number of pyridine rings is 1. The maximum atomic E-state index is 5.82. The molecule has 4 heteroatoms. The summed E-state index contributed by atoms with van der Waals surface area (Å²) in [4.78, 5) is 12.9. The second-order valence-corrected chi connectivity index (χ2v) is 3.83. The van der Waals surface area contributed by atoms with Gasteiger partial charge in [0.25, 0.3) is 0 Å². The Morgan fingerprint density at radius 2 is 1.81 bits per heavy atom. The van der Waals surface area contributed by atoms with E-state index in [2.05, 4.69) is 15.0 Å². The molecule has 0 unspecified atom stereocenters. The van der Waals surface area contributed by atoms with Crippen LogP contribution in [-0.4, -0.2) is 15.0 Å². The van der Waals surface area contributed by atoms with Gasteiger partial charge in [-0.2, -0.15) is 0 Å². The fraction of sp³-hybridized carbons (Fsp3) is 0.250. The third kappa shape index (κ3) is 1.86. The molecule has 0 aliphatic rings. The lowest BCUT2D eigenvalue weighted by Crippen LogP contribution is -2.02. The molecule has 0 saturated carbocycles. The van der Waals surface area contributed by atoms with Crippen LogP contribution < -0.4 is 5.73 Å². The van der Waals surface area contributed by atoms with Crippen molar-refractivity contribution in [3.8, 4) is 11.4 Å². The molecule has 2 N–H and O–H groups in total. The summed E-state index contributed by atoms with van der Waals surface area (Å²) < 4.78 is 0. The summed E-state index contributed by atoms with van der Waals surface area (Å²) in [5.74, 6) is 1.16. The van der Waals surface area contributed by atoms with Crippen LogP contribution in [0.4, 0.5) is 5.82 Å². The van der Waals surface area contributed by atoms with Gasteiger partial charge in [-0.3, -0.25) is 4.98 Å². The molecule has 0 aliphatic carbocycles. The van der Waals surface area contributed by atoms with E-state index >= 15 is 0 Å². The van der Waals surface area contributed by atoms with E-state index in [0.29, 0.717) is 11.6 Å².